The molecule has 1 amide bonds. The number of methoxy groups -OCH3 is 1. The molecule has 0 spiro atoms. The van der Waals surface area contributed by atoms with Crippen molar-refractivity contribution < 1.29 is 24.5 Å². The number of ketones is 1. The van der Waals surface area contributed by atoms with Gasteiger partial charge in [0.05, 0.1) is 18.7 Å². The first kappa shape index (κ1) is 26.8. The molecule has 38 heavy (non-hydrogen) atoms. The molecular formula is C31H34N2O5. The van der Waals surface area contributed by atoms with Gasteiger partial charge in [-0.05, 0) is 85.5 Å². The van der Waals surface area contributed by atoms with Gasteiger partial charge >= 0.3 is 0 Å². The number of nitrogens with zero attached hydrogens (tertiary/aromatic N) is 2. The fourth-order valence-electron chi connectivity index (χ4n) is 4.97. The summed E-state index contributed by atoms with van der Waals surface area (Å²) in [5.41, 5.74) is 3.43. The zero-order valence-corrected chi connectivity index (χ0v) is 22.4. The van der Waals surface area contributed by atoms with Gasteiger partial charge in [0.15, 0.2) is 0 Å². The number of phenolic OH excluding ortho intramolecular Hbond substituents is 1. The maximum absolute atomic E-state index is 13.5. The Labute approximate surface area is 223 Å². The van der Waals surface area contributed by atoms with Crippen molar-refractivity contribution in [2.75, 3.05) is 30.0 Å². The Morgan fingerprint density at radius 1 is 0.974 bits per heavy atom. The topological polar surface area (TPSA) is 90.3 Å². The Morgan fingerprint density at radius 2 is 1.61 bits per heavy atom. The highest BCUT2D eigenvalue weighted by Gasteiger charge is 2.47. The molecule has 1 aliphatic rings. The summed E-state index contributed by atoms with van der Waals surface area (Å²) < 4.78 is 5.47. The quantitative estimate of drug-likeness (QED) is 0.218. The number of amides is 1. The third kappa shape index (κ3) is 4.84. The lowest BCUT2D eigenvalue weighted by Gasteiger charge is -2.27. The number of aliphatic hydroxyl groups excluding tert-OH is 1. The summed E-state index contributed by atoms with van der Waals surface area (Å²) >= 11 is 0. The molecule has 2 N–H and O–H groups in total. The first-order chi connectivity index (χ1) is 18.2. The van der Waals surface area contributed by atoms with Gasteiger partial charge in [-0.2, -0.15) is 0 Å². The Balaban J connectivity index is 1.89. The van der Waals surface area contributed by atoms with Crippen LogP contribution in [0.5, 0.6) is 11.5 Å². The summed E-state index contributed by atoms with van der Waals surface area (Å²) in [5.74, 6) is -0.898. The summed E-state index contributed by atoms with van der Waals surface area (Å²) in [4.78, 5) is 30.5. The smallest absolute Gasteiger partial charge is 0.300 e. The van der Waals surface area contributed by atoms with E-state index in [0.717, 1.165) is 24.3 Å². The molecule has 1 unspecified atom stereocenters. The highest BCUT2D eigenvalue weighted by molar-refractivity contribution is 6.51. The number of carbonyl (C=O) groups excluding carboxylic acids is 2. The summed E-state index contributed by atoms with van der Waals surface area (Å²) in [6.07, 6.45) is 0. The number of ether oxygens (including phenoxy) is 1. The normalized spacial score (nSPS) is 16.8. The minimum atomic E-state index is -0.875. The van der Waals surface area contributed by atoms with Crippen LogP contribution in [-0.4, -0.2) is 42.1 Å². The Kier molecular flexibility index (Phi) is 7.76. The fourth-order valence-corrected chi connectivity index (χ4v) is 4.97. The van der Waals surface area contributed by atoms with Crippen molar-refractivity contribution in [3.05, 3.63) is 89.0 Å². The predicted octanol–water partition coefficient (Wildman–Crippen LogP) is 6.00. The van der Waals surface area contributed by atoms with Crippen molar-refractivity contribution in [3.8, 4) is 11.5 Å². The minimum Gasteiger partial charge on any atom is -0.508 e. The van der Waals surface area contributed by atoms with Gasteiger partial charge in [-0.3, -0.25) is 14.5 Å². The largest absolute Gasteiger partial charge is 0.508 e. The predicted molar refractivity (Wildman–Crippen MR) is 150 cm³/mol. The van der Waals surface area contributed by atoms with Crippen LogP contribution < -0.4 is 14.5 Å². The second-order valence-electron chi connectivity index (χ2n) is 9.56. The van der Waals surface area contributed by atoms with Crippen molar-refractivity contribution >= 4 is 28.8 Å². The van der Waals surface area contributed by atoms with E-state index in [1.165, 1.54) is 17.0 Å². The van der Waals surface area contributed by atoms with E-state index in [0.29, 0.717) is 22.6 Å². The lowest BCUT2D eigenvalue weighted by molar-refractivity contribution is -0.132. The van der Waals surface area contributed by atoms with Crippen molar-refractivity contribution in [2.24, 2.45) is 0 Å². The second kappa shape index (κ2) is 11.0. The molecular weight excluding hydrogens is 480 g/mol. The lowest BCUT2D eigenvalue weighted by atomic mass is 9.93. The molecule has 1 atom stereocenters. The number of anilines is 2. The number of aromatic hydroxyl groups is 1. The van der Waals surface area contributed by atoms with Gasteiger partial charge in [-0.1, -0.05) is 26.0 Å². The molecule has 3 aromatic rings. The molecule has 1 aliphatic heterocycles. The molecule has 0 aromatic heterocycles. The number of hydrogen-bond donors (Lipinski definition) is 2. The molecule has 198 valence electrons. The molecule has 7 nitrogen and oxygen atoms in total. The van der Waals surface area contributed by atoms with Gasteiger partial charge in [-0.15, -0.1) is 0 Å². The number of benzene rings is 3. The molecule has 3 aromatic carbocycles. The van der Waals surface area contributed by atoms with Crippen LogP contribution in [0, 0.1) is 0 Å². The first-order valence-corrected chi connectivity index (χ1v) is 12.8. The van der Waals surface area contributed by atoms with Gasteiger partial charge in [-0.25, -0.2) is 0 Å². The van der Waals surface area contributed by atoms with Crippen molar-refractivity contribution in [3.63, 3.8) is 0 Å². The third-order valence-electron chi connectivity index (χ3n) is 7.03. The summed E-state index contributed by atoms with van der Waals surface area (Å²) in [6.45, 7) is 9.86. The van der Waals surface area contributed by atoms with E-state index in [2.05, 4.69) is 18.7 Å². The van der Waals surface area contributed by atoms with Gasteiger partial charge in [0.2, 0.25) is 0 Å². The standard InChI is InChI=1S/C31H34N2O5/c1-6-32(7-2)22-11-13-23(14-12-22)33-28(20-8-15-24(34)16-9-20)27(30(36)31(33)37)29(35)21-10-17-26(38-5)25(18-21)19(3)4/h8-19,28,34-35H,6-7H2,1-5H3/b29-27-. The average Bonchev–Trinajstić information content (AvgIpc) is 3.19. The van der Waals surface area contributed by atoms with Gasteiger partial charge in [0, 0.05) is 30.0 Å². The van der Waals surface area contributed by atoms with Crippen LogP contribution in [-0.2, 0) is 9.59 Å². The Hall–Kier alpha value is -4.26. The van der Waals surface area contributed by atoms with Crippen LogP contribution in [0.15, 0.2) is 72.3 Å². The van der Waals surface area contributed by atoms with Crippen LogP contribution in [0.25, 0.3) is 5.76 Å². The minimum absolute atomic E-state index is 0.00613. The number of Topliss-reactive ketones (excluding diaryl/α,β-unsaturated/α-hetero) is 1. The molecule has 0 radical (unpaired) electrons. The number of aliphatic hydroxyl groups is 1. The number of hydrogen-bond acceptors (Lipinski definition) is 6. The molecule has 4 rings (SSSR count). The van der Waals surface area contributed by atoms with E-state index in [9.17, 15) is 19.8 Å². The average molecular weight is 515 g/mol. The van der Waals surface area contributed by atoms with E-state index in [1.807, 2.05) is 38.1 Å². The van der Waals surface area contributed by atoms with Crippen LogP contribution in [0.2, 0.25) is 0 Å². The maximum atomic E-state index is 13.5. The zero-order valence-electron chi connectivity index (χ0n) is 22.4. The van der Waals surface area contributed by atoms with Crippen LogP contribution in [0.4, 0.5) is 11.4 Å². The molecule has 1 fully saturated rings. The maximum Gasteiger partial charge on any atom is 0.300 e. The molecule has 0 aliphatic carbocycles. The molecule has 1 saturated heterocycles. The first-order valence-electron chi connectivity index (χ1n) is 12.8. The second-order valence-corrected chi connectivity index (χ2v) is 9.56. The number of carbonyl (C=O) groups is 2. The van der Waals surface area contributed by atoms with Gasteiger partial charge < -0.3 is 19.8 Å². The highest BCUT2D eigenvalue weighted by Crippen LogP contribution is 2.43. The van der Waals surface area contributed by atoms with Crippen molar-refractivity contribution in [1.82, 2.24) is 0 Å². The summed E-state index contributed by atoms with van der Waals surface area (Å²) in [6, 6.07) is 18.1. The SMILES string of the molecule is CCN(CC)c1ccc(N2C(=O)C(=O)/C(=C(\O)c3ccc(OC)c(C(C)C)c3)C2c2ccc(O)cc2)cc1. The van der Waals surface area contributed by atoms with Gasteiger partial charge in [0.1, 0.15) is 17.3 Å². The van der Waals surface area contributed by atoms with Crippen molar-refractivity contribution in [1.29, 1.82) is 0 Å². The fraction of sp³-hybridized carbons (Fsp3) is 0.290. The lowest BCUT2D eigenvalue weighted by Crippen LogP contribution is -2.29. The van der Waals surface area contributed by atoms with E-state index in [4.69, 9.17) is 4.74 Å². The van der Waals surface area contributed by atoms with E-state index in [1.54, 1.807) is 37.4 Å². The zero-order chi connectivity index (χ0) is 27.6. The Morgan fingerprint density at radius 3 is 2.16 bits per heavy atom. The number of rotatable bonds is 8. The van der Waals surface area contributed by atoms with Crippen LogP contribution in [0.1, 0.15) is 56.3 Å². The Bertz CT molecular complexity index is 1360. The molecule has 0 bridgehead atoms. The van der Waals surface area contributed by atoms with E-state index in [-0.39, 0.29) is 23.0 Å². The van der Waals surface area contributed by atoms with Crippen LogP contribution in [0.3, 0.4) is 0 Å². The molecule has 7 heteroatoms. The van der Waals surface area contributed by atoms with Crippen LogP contribution >= 0.6 is 0 Å². The molecule has 1 heterocycles. The highest BCUT2D eigenvalue weighted by atomic mass is 16.5. The van der Waals surface area contributed by atoms with Gasteiger partial charge in [0.25, 0.3) is 11.7 Å². The summed E-state index contributed by atoms with van der Waals surface area (Å²) in [5, 5.41) is 21.4. The van der Waals surface area contributed by atoms with E-state index < -0.39 is 17.7 Å². The van der Waals surface area contributed by atoms with E-state index >= 15 is 0 Å². The van der Waals surface area contributed by atoms with Crippen molar-refractivity contribution in [2.45, 2.75) is 39.7 Å². The third-order valence-corrected chi connectivity index (χ3v) is 7.03. The molecule has 0 saturated carbocycles. The monoisotopic (exact) mass is 514 g/mol. The summed E-state index contributed by atoms with van der Waals surface area (Å²) in [7, 11) is 1.59. The number of phenols is 1.